The van der Waals surface area contributed by atoms with Crippen LogP contribution < -0.4 is 10.6 Å². The molecular formula is C17H22N4O5S. The molecule has 0 saturated carbocycles. The van der Waals surface area contributed by atoms with E-state index >= 15 is 0 Å². The first kappa shape index (κ1) is 19.3. The van der Waals surface area contributed by atoms with Gasteiger partial charge in [-0.2, -0.15) is 4.31 Å². The number of rotatable bonds is 4. The first-order chi connectivity index (χ1) is 12.7. The number of hydrogen-bond acceptors (Lipinski definition) is 5. The number of aryl methyl sites for hydroxylation is 2. The first-order valence-electron chi connectivity index (χ1n) is 8.65. The van der Waals surface area contributed by atoms with Crippen LogP contribution in [0.2, 0.25) is 0 Å². The lowest BCUT2D eigenvalue weighted by Crippen LogP contribution is -2.51. The molecule has 2 saturated heterocycles. The first-order valence-corrected chi connectivity index (χ1v) is 10.1. The molecule has 1 aromatic rings. The van der Waals surface area contributed by atoms with Gasteiger partial charge in [0.2, 0.25) is 15.9 Å². The second-order valence-corrected chi connectivity index (χ2v) is 8.68. The van der Waals surface area contributed by atoms with Gasteiger partial charge in [-0.3, -0.25) is 14.9 Å². The summed E-state index contributed by atoms with van der Waals surface area (Å²) in [5.74, 6) is -0.814. The van der Waals surface area contributed by atoms with Crippen molar-refractivity contribution in [2.75, 3.05) is 26.2 Å². The van der Waals surface area contributed by atoms with Gasteiger partial charge in [0.25, 0.3) is 5.91 Å². The zero-order chi connectivity index (χ0) is 19.8. The van der Waals surface area contributed by atoms with Crippen LogP contribution in [0.15, 0.2) is 23.1 Å². The third kappa shape index (κ3) is 3.96. The summed E-state index contributed by atoms with van der Waals surface area (Å²) in [4.78, 5) is 36.8. The smallest absolute Gasteiger partial charge is 0.322 e. The van der Waals surface area contributed by atoms with Gasteiger partial charge in [0.15, 0.2) is 0 Å². The Kier molecular flexibility index (Phi) is 5.20. The minimum absolute atomic E-state index is 0.138. The molecule has 146 valence electrons. The number of hydrogen-bond donors (Lipinski definition) is 2. The number of piperazine rings is 1. The molecule has 27 heavy (non-hydrogen) atoms. The lowest BCUT2D eigenvalue weighted by atomic mass is 10.2. The third-order valence-electron chi connectivity index (χ3n) is 4.79. The van der Waals surface area contributed by atoms with Gasteiger partial charge in [-0.25, -0.2) is 13.2 Å². The molecule has 0 aliphatic carbocycles. The molecule has 2 fully saturated rings. The van der Waals surface area contributed by atoms with E-state index in [-0.39, 0.29) is 43.4 Å². The highest BCUT2D eigenvalue weighted by molar-refractivity contribution is 7.89. The summed E-state index contributed by atoms with van der Waals surface area (Å²) >= 11 is 0. The Labute approximate surface area is 157 Å². The maximum atomic E-state index is 12.9. The average Bonchev–Trinajstić information content (AvgIpc) is 2.94. The van der Waals surface area contributed by atoms with E-state index in [9.17, 15) is 22.8 Å². The average molecular weight is 394 g/mol. The molecule has 0 bridgehead atoms. The molecule has 4 amide bonds. The van der Waals surface area contributed by atoms with Crippen molar-refractivity contribution in [2.24, 2.45) is 0 Å². The number of carbonyl (C=O) groups excluding carboxylic acids is 3. The largest absolute Gasteiger partial charge is 0.340 e. The Morgan fingerprint density at radius 1 is 1.15 bits per heavy atom. The van der Waals surface area contributed by atoms with Crippen LogP contribution in [-0.4, -0.2) is 67.7 Å². The quantitative estimate of drug-likeness (QED) is 0.683. The van der Waals surface area contributed by atoms with Crippen molar-refractivity contribution in [3.8, 4) is 0 Å². The molecule has 0 aromatic heterocycles. The molecule has 2 heterocycles. The predicted octanol–water partition coefficient (Wildman–Crippen LogP) is -0.266. The molecule has 2 aliphatic rings. The Morgan fingerprint density at radius 2 is 1.81 bits per heavy atom. The molecule has 0 spiro atoms. The summed E-state index contributed by atoms with van der Waals surface area (Å²) in [5, 5.41) is 4.47. The minimum atomic E-state index is -3.63. The van der Waals surface area contributed by atoms with E-state index in [1.54, 1.807) is 19.1 Å². The van der Waals surface area contributed by atoms with Crippen LogP contribution in [0.1, 0.15) is 17.5 Å². The lowest BCUT2D eigenvalue weighted by molar-refractivity contribution is -0.134. The molecule has 1 aromatic carbocycles. The van der Waals surface area contributed by atoms with Crippen LogP contribution in [0.5, 0.6) is 0 Å². The van der Waals surface area contributed by atoms with Gasteiger partial charge in [-0.05, 0) is 31.0 Å². The van der Waals surface area contributed by atoms with E-state index in [0.29, 0.717) is 5.56 Å². The van der Waals surface area contributed by atoms with Crippen LogP contribution in [0.3, 0.4) is 0 Å². The van der Waals surface area contributed by atoms with Crippen molar-refractivity contribution in [3.05, 3.63) is 29.3 Å². The monoisotopic (exact) mass is 394 g/mol. The van der Waals surface area contributed by atoms with E-state index in [2.05, 4.69) is 10.6 Å². The predicted molar refractivity (Wildman–Crippen MR) is 96.3 cm³/mol. The summed E-state index contributed by atoms with van der Waals surface area (Å²) < 4.78 is 27.2. The minimum Gasteiger partial charge on any atom is -0.340 e. The van der Waals surface area contributed by atoms with Gasteiger partial charge in [0.1, 0.15) is 6.04 Å². The summed E-state index contributed by atoms with van der Waals surface area (Å²) in [6.07, 6.45) is -0.138. The molecule has 2 aliphatic heterocycles. The van der Waals surface area contributed by atoms with Crippen molar-refractivity contribution in [1.29, 1.82) is 0 Å². The lowest BCUT2D eigenvalue weighted by Gasteiger charge is -2.34. The Hall–Kier alpha value is -2.46. The highest BCUT2D eigenvalue weighted by Gasteiger charge is 2.35. The maximum absolute atomic E-state index is 12.9. The molecule has 0 unspecified atom stereocenters. The van der Waals surface area contributed by atoms with E-state index in [1.807, 2.05) is 13.0 Å². The van der Waals surface area contributed by atoms with Gasteiger partial charge in [-0.1, -0.05) is 12.1 Å². The van der Waals surface area contributed by atoms with E-state index in [4.69, 9.17) is 0 Å². The summed E-state index contributed by atoms with van der Waals surface area (Å²) in [6, 6.07) is 3.82. The Balaban J connectivity index is 1.63. The fourth-order valence-electron chi connectivity index (χ4n) is 3.21. The molecule has 2 N–H and O–H groups in total. The Morgan fingerprint density at radius 3 is 2.41 bits per heavy atom. The van der Waals surface area contributed by atoms with E-state index in [1.165, 1.54) is 9.21 Å². The SMILES string of the molecule is Cc1ccc(C)c(S(=O)(=O)N2CCN(C(=O)C[C@H]3NC(=O)NC3=O)CC2)c1. The number of amides is 4. The number of urea groups is 1. The van der Waals surface area contributed by atoms with Gasteiger partial charge < -0.3 is 10.2 Å². The maximum Gasteiger partial charge on any atom is 0.322 e. The highest BCUT2D eigenvalue weighted by atomic mass is 32.2. The van der Waals surface area contributed by atoms with Gasteiger partial charge in [0.05, 0.1) is 11.3 Å². The third-order valence-corrected chi connectivity index (χ3v) is 6.83. The topological polar surface area (TPSA) is 116 Å². The van der Waals surface area contributed by atoms with Crippen LogP contribution in [0, 0.1) is 13.8 Å². The zero-order valence-electron chi connectivity index (χ0n) is 15.2. The fraction of sp³-hybridized carbons (Fsp3) is 0.471. The van der Waals surface area contributed by atoms with Crippen LogP contribution in [-0.2, 0) is 19.6 Å². The molecule has 10 heteroatoms. The molecule has 0 radical (unpaired) electrons. The summed E-state index contributed by atoms with van der Waals surface area (Å²) in [7, 11) is -3.63. The summed E-state index contributed by atoms with van der Waals surface area (Å²) in [5.41, 5.74) is 1.55. The number of nitrogens with one attached hydrogen (secondary N) is 2. The number of sulfonamides is 1. The van der Waals surface area contributed by atoms with Crippen LogP contribution in [0.4, 0.5) is 4.79 Å². The van der Waals surface area contributed by atoms with E-state index < -0.39 is 28.0 Å². The number of nitrogens with zero attached hydrogens (tertiary/aromatic N) is 2. The highest BCUT2D eigenvalue weighted by Crippen LogP contribution is 2.22. The van der Waals surface area contributed by atoms with Crippen molar-refractivity contribution >= 4 is 27.9 Å². The molecular weight excluding hydrogens is 372 g/mol. The number of imide groups is 1. The Bertz CT molecular complexity index is 891. The zero-order valence-corrected chi connectivity index (χ0v) is 16.0. The van der Waals surface area contributed by atoms with E-state index in [0.717, 1.165) is 5.56 Å². The standard InChI is InChI=1S/C17H22N4O5S/c1-11-3-4-12(2)14(9-11)27(25,26)21-7-5-20(6-8-21)15(22)10-13-16(23)19-17(24)18-13/h3-4,9,13H,5-8,10H2,1-2H3,(H2,18,19,23,24)/t13-/m1/s1. The van der Waals surface area contributed by atoms with Crippen molar-refractivity contribution in [2.45, 2.75) is 31.2 Å². The molecule has 1 atom stereocenters. The second kappa shape index (κ2) is 7.28. The van der Waals surface area contributed by atoms with Gasteiger partial charge in [0, 0.05) is 26.2 Å². The van der Waals surface area contributed by atoms with Gasteiger partial charge in [-0.15, -0.1) is 0 Å². The molecule has 3 rings (SSSR count). The van der Waals surface area contributed by atoms with Crippen LogP contribution >= 0.6 is 0 Å². The summed E-state index contributed by atoms with van der Waals surface area (Å²) in [6.45, 7) is 4.45. The molecule has 9 nitrogen and oxygen atoms in total. The number of carbonyl (C=O) groups is 3. The second-order valence-electron chi connectivity index (χ2n) is 6.77. The number of benzene rings is 1. The fourth-order valence-corrected chi connectivity index (χ4v) is 4.94. The van der Waals surface area contributed by atoms with Crippen molar-refractivity contribution in [3.63, 3.8) is 0 Å². The van der Waals surface area contributed by atoms with Gasteiger partial charge >= 0.3 is 6.03 Å². The van der Waals surface area contributed by atoms with Crippen molar-refractivity contribution in [1.82, 2.24) is 19.8 Å². The van der Waals surface area contributed by atoms with Crippen LogP contribution in [0.25, 0.3) is 0 Å². The normalized spacial score (nSPS) is 21.1. The van der Waals surface area contributed by atoms with Crippen molar-refractivity contribution < 1.29 is 22.8 Å².